The molecule has 3 unspecified atom stereocenters. The van der Waals surface area contributed by atoms with Crippen molar-refractivity contribution >= 4 is 5.69 Å². The number of benzene rings is 2. The Morgan fingerprint density at radius 1 is 0.960 bits per heavy atom. The third-order valence-electron chi connectivity index (χ3n) is 4.87. The van der Waals surface area contributed by atoms with Gasteiger partial charge in [0.05, 0.1) is 6.04 Å². The first-order valence-corrected chi connectivity index (χ1v) is 8.23. The maximum Gasteiger partial charge on any atom is 0.161 e. The fourth-order valence-corrected chi connectivity index (χ4v) is 3.50. The number of hydrogen-bond acceptors (Lipinski definition) is 3. The lowest BCUT2D eigenvalue weighted by atomic mass is 9.86. The molecule has 2 aromatic rings. The summed E-state index contributed by atoms with van der Waals surface area (Å²) in [6, 6.07) is 6.74. The highest BCUT2D eigenvalue weighted by molar-refractivity contribution is 5.59. The average Bonchev–Trinajstić information content (AvgIpc) is 3.07. The van der Waals surface area contributed by atoms with Crippen LogP contribution in [-0.4, -0.2) is 12.9 Å². The molecule has 0 spiro atoms. The minimum Gasteiger partial charge on any atom is -0.375 e. The van der Waals surface area contributed by atoms with Crippen molar-refractivity contribution < 1.29 is 22.6 Å². The molecule has 1 fully saturated rings. The van der Waals surface area contributed by atoms with Crippen LogP contribution in [0.2, 0.25) is 0 Å². The van der Waals surface area contributed by atoms with E-state index in [9.17, 15) is 13.2 Å². The highest BCUT2D eigenvalue weighted by Gasteiger charge is 2.44. The molecular formula is C19H18F3NO2. The Balaban J connectivity index is 1.79. The fraction of sp³-hybridized carbons (Fsp3) is 0.368. The molecule has 2 aromatic carbocycles. The van der Waals surface area contributed by atoms with E-state index in [4.69, 9.17) is 9.47 Å². The molecule has 0 amide bonds. The van der Waals surface area contributed by atoms with Crippen LogP contribution in [0.25, 0.3) is 0 Å². The van der Waals surface area contributed by atoms with Crippen molar-refractivity contribution in [1.29, 1.82) is 0 Å². The molecule has 1 saturated heterocycles. The molecule has 1 N–H and O–H groups in total. The van der Waals surface area contributed by atoms with Crippen LogP contribution in [0.15, 0.2) is 30.3 Å². The smallest absolute Gasteiger partial charge is 0.161 e. The Labute approximate surface area is 143 Å². The van der Waals surface area contributed by atoms with E-state index in [0.29, 0.717) is 12.0 Å². The summed E-state index contributed by atoms with van der Waals surface area (Å²) in [7, 11) is 0. The van der Waals surface area contributed by atoms with Gasteiger partial charge in [0.1, 0.15) is 24.8 Å². The van der Waals surface area contributed by atoms with Gasteiger partial charge in [-0.3, -0.25) is 0 Å². The monoisotopic (exact) mass is 349 g/mol. The van der Waals surface area contributed by atoms with Crippen LogP contribution in [0.3, 0.4) is 0 Å². The Morgan fingerprint density at radius 2 is 1.72 bits per heavy atom. The van der Waals surface area contributed by atoms with Crippen LogP contribution in [0, 0.1) is 17.5 Å². The van der Waals surface area contributed by atoms with Crippen LogP contribution >= 0.6 is 0 Å². The number of rotatable bonds is 2. The molecule has 4 rings (SSSR count). The number of fused-ring (bicyclic) bond motifs is 3. The van der Waals surface area contributed by atoms with E-state index in [1.165, 1.54) is 0 Å². The first-order valence-electron chi connectivity index (χ1n) is 8.23. The molecule has 0 saturated carbocycles. The summed E-state index contributed by atoms with van der Waals surface area (Å²) in [5.74, 6) is -2.76. The maximum atomic E-state index is 14.3. The van der Waals surface area contributed by atoms with Gasteiger partial charge in [-0.2, -0.15) is 0 Å². The van der Waals surface area contributed by atoms with Crippen LogP contribution in [-0.2, 0) is 9.47 Å². The van der Waals surface area contributed by atoms with E-state index in [-0.39, 0.29) is 18.5 Å². The molecule has 2 aliphatic heterocycles. The fourth-order valence-electron chi connectivity index (χ4n) is 3.50. The van der Waals surface area contributed by atoms with Gasteiger partial charge in [-0.1, -0.05) is 26.0 Å². The predicted octanol–water partition coefficient (Wildman–Crippen LogP) is 4.81. The standard InChI is InChI=1S/C19H18F3NO2/c1-9(2)10-3-4-16-12(5-10)18-19(25-8-24-18)17(23-16)11-6-14(21)15(22)7-13(11)20/h3-7,9,17-19,23H,8H2,1-2H3. The second-order valence-electron chi connectivity index (χ2n) is 6.75. The Hall–Kier alpha value is -2.05. The summed E-state index contributed by atoms with van der Waals surface area (Å²) in [6.07, 6.45) is -0.901. The van der Waals surface area contributed by atoms with Gasteiger partial charge in [-0.25, -0.2) is 13.2 Å². The quantitative estimate of drug-likeness (QED) is 0.790. The minimum absolute atomic E-state index is 0.0259. The molecule has 6 heteroatoms. The maximum absolute atomic E-state index is 14.3. The molecule has 0 aliphatic carbocycles. The molecule has 25 heavy (non-hydrogen) atoms. The molecule has 3 atom stereocenters. The Bertz CT molecular complexity index is 825. The topological polar surface area (TPSA) is 30.5 Å². The SMILES string of the molecule is CC(C)c1ccc2c(c1)C1OCOC1C(c1cc(F)c(F)cc1F)N2. The summed E-state index contributed by atoms with van der Waals surface area (Å²) in [4.78, 5) is 0. The summed E-state index contributed by atoms with van der Waals surface area (Å²) in [6.45, 7) is 4.27. The highest BCUT2D eigenvalue weighted by atomic mass is 19.2. The van der Waals surface area contributed by atoms with E-state index < -0.39 is 29.6 Å². The van der Waals surface area contributed by atoms with Gasteiger partial charge in [0.15, 0.2) is 11.6 Å². The van der Waals surface area contributed by atoms with Gasteiger partial charge >= 0.3 is 0 Å². The summed E-state index contributed by atoms with van der Waals surface area (Å²) in [5, 5.41) is 3.20. The van der Waals surface area contributed by atoms with Gasteiger partial charge in [-0.15, -0.1) is 0 Å². The van der Waals surface area contributed by atoms with Gasteiger partial charge in [-0.05, 0) is 23.6 Å². The van der Waals surface area contributed by atoms with Crippen molar-refractivity contribution in [3.63, 3.8) is 0 Å². The zero-order valence-corrected chi connectivity index (χ0v) is 13.9. The van der Waals surface area contributed by atoms with Crippen molar-refractivity contribution in [3.8, 4) is 0 Å². The number of ether oxygens (including phenoxy) is 2. The molecule has 2 heterocycles. The molecule has 0 aromatic heterocycles. The van der Waals surface area contributed by atoms with Crippen LogP contribution in [0.4, 0.5) is 18.9 Å². The van der Waals surface area contributed by atoms with Crippen molar-refractivity contribution in [2.24, 2.45) is 0 Å². The number of anilines is 1. The van der Waals surface area contributed by atoms with Gasteiger partial charge in [0, 0.05) is 22.9 Å². The van der Waals surface area contributed by atoms with Gasteiger partial charge in [0.25, 0.3) is 0 Å². The lowest BCUT2D eigenvalue weighted by Gasteiger charge is -2.35. The minimum atomic E-state index is -1.21. The summed E-state index contributed by atoms with van der Waals surface area (Å²) >= 11 is 0. The van der Waals surface area contributed by atoms with Gasteiger partial charge in [0.2, 0.25) is 0 Å². The summed E-state index contributed by atoms with van der Waals surface area (Å²) < 4.78 is 52.5. The van der Waals surface area contributed by atoms with Crippen LogP contribution < -0.4 is 5.32 Å². The number of halogens is 3. The lowest BCUT2D eigenvalue weighted by molar-refractivity contribution is 0.0365. The van der Waals surface area contributed by atoms with E-state index in [2.05, 4.69) is 25.2 Å². The molecule has 2 aliphatic rings. The van der Waals surface area contributed by atoms with Crippen molar-refractivity contribution in [2.75, 3.05) is 12.1 Å². The second kappa shape index (κ2) is 6.04. The van der Waals surface area contributed by atoms with E-state index in [1.807, 2.05) is 12.1 Å². The first kappa shape index (κ1) is 16.4. The zero-order valence-electron chi connectivity index (χ0n) is 13.9. The van der Waals surface area contributed by atoms with Crippen LogP contribution in [0.1, 0.15) is 48.6 Å². The predicted molar refractivity (Wildman–Crippen MR) is 86.8 cm³/mol. The average molecular weight is 349 g/mol. The third-order valence-corrected chi connectivity index (χ3v) is 4.87. The molecule has 0 radical (unpaired) electrons. The molecule has 0 bridgehead atoms. The molecular weight excluding hydrogens is 331 g/mol. The molecule has 132 valence electrons. The van der Waals surface area contributed by atoms with Crippen molar-refractivity contribution in [2.45, 2.75) is 38.0 Å². The third kappa shape index (κ3) is 2.69. The van der Waals surface area contributed by atoms with E-state index in [0.717, 1.165) is 22.9 Å². The highest BCUT2D eigenvalue weighted by Crippen LogP contribution is 2.46. The number of nitrogens with one attached hydrogen (secondary N) is 1. The lowest BCUT2D eigenvalue weighted by Crippen LogP contribution is -2.35. The zero-order chi connectivity index (χ0) is 17.7. The molecule has 3 nitrogen and oxygen atoms in total. The normalized spacial score (nSPS) is 24.8. The van der Waals surface area contributed by atoms with Crippen molar-refractivity contribution in [3.05, 3.63) is 64.5 Å². The number of hydrogen-bond donors (Lipinski definition) is 1. The second-order valence-corrected chi connectivity index (χ2v) is 6.75. The van der Waals surface area contributed by atoms with Gasteiger partial charge < -0.3 is 14.8 Å². The van der Waals surface area contributed by atoms with Crippen LogP contribution in [0.5, 0.6) is 0 Å². The Kier molecular flexibility index (Phi) is 3.96. The van der Waals surface area contributed by atoms with E-state index in [1.54, 1.807) is 0 Å². The summed E-state index contributed by atoms with van der Waals surface area (Å²) in [5.41, 5.74) is 2.91. The first-order chi connectivity index (χ1) is 12.0. The van der Waals surface area contributed by atoms with E-state index >= 15 is 0 Å². The van der Waals surface area contributed by atoms with Crippen molar-refractivity contribution in [1.82, 2.24) is 0 Å². The Morgan fingerprint density at radius 3 is 2.48 bits per heavy atom. The largest absolute Gasteiger partial charge is 0.375 e.